The summed E-state index contributed by atoms with van der Waals surface area (Å²) in [5.74, 6) is 1.35. The van der Waals surface area contributed by atoms with E-state index in [1.165, 1.54) is 5.56 Å². The highest BCUT2D eigenvalue weighted by Crippen LogP contribution is 2.23. The van der Waals surface area contributed by atoms with Gasteiger partial charge >= 0.3 is 0 Å². The van der Waals surface area contributed by atoms with Crippen molar-refractivity contribution in [1.82, 2.24) is 9.38 Å². The first-order valence-electron chi connectivity index (χ1n) is 5.50. The number of halogens is 1. The minimum absolute atomic E-state index is 0.355. The molecule has 0 amide bonds. The van der Waals surface area contributed by atoms with E-state index >= 15 is 0 Å². The molecule has 2 rings (SSSR count). The summed E-state index contributed by atoms with van der Waals surface area (Å²) in [6, 6.07) is 4.06. The lowest BCUT2D eigenvalue weighted by Gasteiger charge is -2.06. The van der Waals surface area contributed by atoms with E-state index in [0.717, 1.165) is 17.8 Å². The van der Waals surface area contributed by atoms with E-state index in [1.807, 2.05) is 6.07 Å². The Bertz CT molecular complexity index is 502. The van der Waals surface area contributed by atoms with Crippen molar-refractivity contribution < 1.29 is 0 Å². The van der Waals surface area contributed by atoms with Gasteiger partial charge in [-0.05, 0) is 24.6 Å². The van der Waals surface area contributed by atoms with Gasteiger partial charge in [-0.2, -0.15) is 0 Å². The number of hydrogen-bond acceptors (Lipinski definition) is 2. The topological polar surface area (TPSA) is 43.3 Å². The lowest BCUT2D eigenvalue weighted by molar-refractivity contribution is 0.767. The van der Waals surface area contributed by atoms with Gasteiger partial charge < -0.3 is 10.1 Å². The van der Waals surface area contributed by atoms with Gasteiger partial charge in [0.15, 0.2) is 5.15 Å². The summed E-state index contributed by atoms with van der Waals surface area (Å²) in [4.78, 5) is 4.39. The van der Waals surface area contributed by atoms with Crippen molar-refractivity contribution in [2.24, 2.45) is 5.73 Å². The third kappa shape index (κ3) is 1.93. The number of nitrogens with zero attached hydrogens (tertiary/aromatic N) is 2. The van der Waals surface area contributed by atoms with Gasteiger partial charge in [-0.3, -0.25) is 0 Å². The van der Waals surface area contributed by atoms with Crippen LogP contribution in [0.2, 0.25) is 5.15 Å². The Balaban J connectivity index is 2.60. The maximum atomic E-state index is 6.09. The van der Waals surface area contributed by atoms with Crippen LogP contribution >= 0.6 is 11.6 Å². The van der Waals surface area contributed by atoms with Gasteiger partial charge in [-0.25, -0.2) is 4.98 Å². The van der Waals surface area contributed by atoms with Crippen LogP contribution in [0.3, 0.4) is 0 Å². The first-order chi connectivity index (χ1) is 7.63. The molecule has 2 N–H and O–H groups in total. The van der Waals surface area contributed by atoms with Gasteiger partial charge in [0.25, 0.3) is 0 Å². The summed E-state index contributed by atoms with van der Waals surface area (Å²) in [7, 11) is 0. The SMILES string of the molecule is CC(C)c1nc(Cl)c2ccc(CCN)cn12. The van der Waals surface area contributed by atoms with Crippen molar-refractivity contribution in [2.45, 2.75) is 26.2 Å². The second kappa shape index (κ2) is 4.44. The highest BCUT2D eigenvalue weighted by molar-refractivity contribution is 6.32. The van der Waals surface area contributed by atoms with Crippen molar-refractivity contribution in [3.8, 4) is 0 Å². The minimum atomic E-state index is 0.355. The van der Waals surface area contributed by atoms with E-state index < -0.39 is 0 Å². The third-order valence-corrected chi connectivity index (χ3v) is 2.91. The largest absolute Gasteiger partial charge is 0.330 e. The maximum Gasteiger partial charge on any atom is 0.155 e. The predicted octanol–water partition coefficient (Wildman–Crippen LogP) is 2.61. The molecule has 0 spiro atoms. The average molecular weight is 238 g/mol. The molecular formula is C12H16ClN3. The Kier molecular flexibility index (Phi) is 3.17. The monoisotopic (exact) mass is 237 g/mol. The molecule has 0 unspecified atom stereocenters. The fourth-order valence-corrected chi connectivity index (χ4v) is 2.08. The van der Waals surface area contributed by atoms with Gasteiger partial charge in [0, 0.05) is 12.1 Å². The fraction of sp³-hybridized carbons (Fsp3) is 0.417. The molecule has 0 saturated carbocycles. The van der Waals surface area contributed by atoms with Crippen molar-refractivity contribution >= 4 is 17.1 Å². The molecule has 0 aromatic carbocycles. The highest BCUT2D eigenvalue weighted by atomic mass is 35.5. The molecule has 3 nitrogen and oxygen atoms in total. The Morgan fingerprint density at radius 1 is 1.44 bits per heavy atom. The van der Waals surface area contributed by atoms with E-state index in [1.54, 1.807) is 0 Å². The highest BCUT2D eigenvalue weighted by Gasteiger charge is 2.12. The molecule has 0 atom stereocenters. The number of hydrogen-bond donors (Lipinski definition) is 1. The zero-order chi connectivity index (χ0) is 11.7. The van der Waals surface area contributed by atoms with Crippen LogP contribution in [0.15, 0.2) is 18.3 Å². The Hall–Kier alpha value is -1.06. The summed E-state index contributed by atoms with van der Waals surface area (Å²) in [6.07, 6.45) is 2.96. The molecule has 2 aromatic rings. The van der Waals surface area contributed by atoms with E-state index in [4.69, 9.17) is 17.3 Å². The van der Waals surface area contributed by atoms with Crippen LogP contribution in [-0.4, -0.2) is 15.9 Å². The van der Waals surface area contributed by atoms with E-state index in [9.17, 15) is 0 Å². The van der Waals surface area contributed by atoms with Gasteiger partial charge in [0.1, 0.15) is 5.82 Å². The van der Waals surface area contributed by atoms with Gasteiger partial charge in [-0.15, -0.1) is 0 Å². The molecule has 0 aliphatic carbocycles. The van der Waals surface area contributed by atoms with Crippen LogP contribution < -0.4 is 5.73 Å². The molecule has 16 heavy (non-hydrogen) atoms. The zero-order valence-electron chi connectivity index (χ0n) is 9.57. The Labute approximate surface area is 100 Å². The summed E-state index contributed by atoms with van der Waals surface area (Å²) in [6.45, 7) is 4.88. The number of aromatic nitrogens is 2. The van der Waals surface area contributed by atoms with Gasteiger partial charge in [-0.1, -0.05) is 31.5 Å². The van der Waals surface area contributed by atoms with Gasteiger partial charge in [0.2, 0.25) is 0 Å². The molecule has 0 radical (unpaired) electrons. The van der Waals surface area contributed by atoms with Crippen LogP contribution in [0.4, 0.5) is 0 Å². The van der Waals surface area contributed by atoms with Crippen LogP contribution in [-0.2, 0) is 6.42 Å². The van der Waals surface area contributed by atoms with Crippen LogP contribution in [0.5, 0.6) is 0 Å². The number of nitrogens with two attached hydrogens (primary N) is 1. The molecule has 4 heteroatoms. The first kappa shape index (κ1) is 11.4. The Morgan fingerprint density at radius 3 is 2.81 bits per heavy atom. The summed E-state index contributed by atoms with van der Waals surface area (Å²) in [5.41, 5.74) is 7.73. The molecule has 2 heterocycles. The lowest BCUT2D eigenvalue weighted by Crippen LogP contribution is -2.04. The molecule has 0 bridgehead atoms. The van der Waals surface area contributed by atoms with Crippen LogP contribution in [0.1, 0.15) is 31.2 Å². The second-order valence-corrected chi connectivity index (χ2v) is 4.60. The number of pyridine rings is 1. The Morgan fingerprint density at radius 2 is 2.19 bits per heavy atom. The van der Waals surface area contributed by atoms with Crippen molar-refractivity contribution in [1.29, 1.82) is 0 Å². The molecule has 2 aromatic heterocycles. The third-order valence-electron chi connectivity index (χ3n) is 2.63. The molecular weight excluding hydrogens is 222 g/mol. The van der Waals surface area contributed by atoms with Crippen molar-refractivity contribution in [2.75, 3.05) is 6.54 Å². The normalized spacial score (nSPS) is 11.6. The number of rotatable bonds is 3. The molecule has 0 saturated heterocycles. The molecule has 86 valence electrons. The van der Waals surface area contributed by atoms with E-state index in [0.29, 0.717) is 17.6 Å². The molecule has 0 aliphatic rings. The first-order valence-corrected chi connectivity index (χ1v) is 5.87. The van der Waals surface area contributed by atoms with Gasteiger partial charge in [0.05, 0.1) is 5.52 Å². The van der Waals surface area contributed by atoms with Crippen molar-refractivity contribution in [3.63, 3.8) is 0 Å². The predicted molar refractivity (Wildman–Crippen MR) is 67.0 cm³/mol. The quantitative estimate of drug-likeness (QED) is 0.892. The van der Waals surface area contributed by atoms with Crippen LogP contribution in [0, 0.1) is 0 Å². The number of fused-ring (bicyclic) bond motifs is 1. The minimum Gasteiger partial charge on any atom is -0.330 e. The zero-order valence-corrected chi connectivity index (χ0v) is 10.3. The van der Waals surface area contributed by atoms with Crippen LogP contribution in [0.25, 0.3) is 5.52 Å². The fourth-order valence-electron chi connectivity index (χ4n) is 1.84. The summed E-state index contributed by atoms with van der Waals surface area (Å²) in [5, 5.41) is 0.572. The maximum absolute atomic E-state index is 6.09. The molecule has 0 fully saturated rings. The van der Waals surface area contributed by atoms with E-state index in [-0.39, 0.29) is 0 Å². The lowest BCUT2D eigenvalue weighted by atomic mass is 10.2. The average Bonchev–Trinajstić information content (AvgIpc) is 2.57. The second-order valence-electron chi connectivity index (χ2n) is 4.25. The summed E-state index contributed by atoms with van der Waals surface area (Å²) < 4.78 is 2.07. The smallest absolute Gasteiger partial charge is 0.155 e. The number of imidazole rings is 1. The van der Waals surface area contributed by atoms with Crippen molar-refractivity contribution in [3.05, 3.63) is 34.9 Å². The molecule has 0 aliphatic heterocycles. The standard InChI is InChI=1S/C12H16ClN3/c1-8(2)12-15-11(13)10-4-3-9(5-6-14)7-16(10)12/h3-4,7-8H,5-6,14H2,1-2H3. The summed E-state index contributed by atoms with van der Waals surface area (Å²) >= 11 is 6.09. The van der Waals surface area contributed by atoms with E-state index in [2.05, 4.69) is 35.5 Å².